The van der Waals surface area contributed by atoms with E-state index in [0.717, 1.165) is 0 Å². The second kappa shape index (κ2) is 3.73. The highest BCUT2D eigenvalue weighted by atomic mass is 19.1. The zero-order valence-electron chi connectivity index (χ0n) is 8.44. The second-order valence-electron chi connectivity index (χ2n) is 3.24. The maximum atomic E-state index is 12.7. The molecule has 2 rings (SSSR count). The Morgan fingerprint density at radius 3 is 2.56 bits per heavy atom. The van der Waals surface area contributed by atoms with Gasteiger partial charge in [-0.2, -0.15) is 5.10 Å². The Morgan fingerprint density at radius 1 is 1.44 bits per heavy atom. The normalized spacial score (nSPS) is 10.4. The first-order valence-corrected chi connectivity index (χ1v) is 4.56. The van der Waals surface area contributed by atoms with Crippen LogP contribution >= 0.6 is 0 Å². The second-order valence-corrected chi connectivity index (χ2v) is 3.24. The highest BCUT2D eigenvalue weighted by Gasteiger charge is 2.21. The van der Waals surface area contributed by atoms with Gasteiger partial charge in [-0.25, -0.2) is 9.18 Å². The molecule has 2 N–H and O–H groups in total. The molecule has 1 aromatic carbocycles. The van der Waals surface area contributed by atoms with E-state index in [0.29, 0.717) is 11.5 Å². The fourth-order valence-electron chi connectivity index (χ4n) is 1.36. The SMILES string of the molecule is Cc1nc(C(=O)O)[nH][n+]1-c1ccc(F)cc1. The van der Waals surface area contributed by atoms with Crippen LogP contribution in [-0.4, -0.2) is 21.2 Å². The third-order valence-corrected chi connectivity index (χ3v) is 2.10. The molecular weight excluding hydrogens is 213 g/mol. The number of carboxylic acid groups (broad SMARTS) is 1. The summed E-state index contributed by atoms with van der Waals surface area (Å²) in [4.78, 5) is 14.5. The molecule has 0 fully saturated rings. The van der Waals surface area contributed by atoms with Crippen molar-refractivity contribution in [1.29, 1.82) is 0 Å². The van der Waals surface area contributed by atoms with Crippen LogP contribution in [0.5, 0.6) is 0 Å². The molecule has 0 aliphatic heterocycles. The van der Waals surface area contributed by atoms with Crippen molar-refractivity contribution in [3.63, 3.8) is 0 Å². The summed E-state index contributed by atoms with van der Waals surface area (Å²) < 4.78 is 14.2. The number of rotatable bonds is 2. The molecule has 0 amide bonds. The number of H-pyrrole nitrogens is 1. The average Bonchev–Trinajstić information content (AvgIpc) is 2.62. The standard InChI is InChI=1S/C10H8FN3O2/c1-6-12-9(10(15)16)13-14(6)8-4-2-7(11)3-5-8/h2-5H,1H3,(H,15,16)/p+1. The van der Waals surface area contributed by atoms with Crippen LogP contribution in [0.4, 0.5) is 4.39 Å². The van der Waals surface area contributed by atoms with Gasteiger partial charge in [-0.05, 0) is 29.2 Å². The monoisotopic (exact) mass is 222 g/mol. The Kier molecular flexibility index (Phi) is 2.40. The molecule has 0 bridgehead atoms. The number of nitrogens with one attached hydrogen (secondary N) is 1. The minimum atomic E-state index is -1.14. The highest BCUT2D eigenvalue weighted by Crippen LogP contribution is 2.03. The molecule has 0 saturated heterocycles. The Bertz CT molecular complexity index is 533. The Hall–Kier alpha value is -2.24. The summed E-state index contributed by atoms with van der Waals surface area (Å²) in [7, 11) is 0. The van der Waals surface area contributed by atoms with Crippen molar-refractivity contribution in [2.45, 2.75) is 6.92 Å². The van der Waals surface area contributed by atoms with Crippen molar-refractivity contribution in [3.05, 3.63) is 41.7 Å². The molecule has 0 unspecified atom stereocenters. The minimum absolute atomic E-state index is 0.151. The Morgan fingerprint density at radius 2 is 2.06 bits per heavy atom. The van der Waals surface area contributed by atoms with E-state index in [1.165, 1.54) is 28.9 Å². The number of aromatic amines is 1. The van der Waals surface area contributed by atoms with Crippen molar-refractivity contribution >= 4 is 5.97 Å². The predicted molar refractivity (Wildman–Crippen MR) is 51.8 cm³/mol. The third kappa shape index (κ3) is 1.77. The molecule has 0 aliphatic carbocycles. The van der Waals surface area contributed by atoms with Gasteiger partial charge >= 0.3 is 17.6 Å². The number of carboxylic acids is 1. The van der Waals surface area contributed by atoms with E-state index in [2.05, 4.69) is 10.1 Å². The van der Waals surface area contributed by atoms with Crippen molar-refractivity contribution < 1.29 is 19.0 Å². The fraction of sp³-hybridized carbons (Fsp3) is 0.100. The van der Waals surface area contributed by atoms with Crippen LogP contribution in [-0.2, 0) is 0 Å². The van der Waals surface area contributed by atoms with Crippen molar-refractivity contribution in [2.75, 3.05) is 0 Å². The van der Waals surface area contributed by atoms with Crippen molar-refractivity contribution in [3.8, 4) is 5.69 Å². The maximum absolute atomic E-state index is 12.7. The quantitative estimate of drug-likeness (QED) is 0.739. The lowest BCUT2D eigenvalue weighted by molar-refractivity contribution is -0.663. The van der Waals surface area contributed by atoms with Gasteiger partial charge in [-0.1, -0.05) is 0 Å². The first kappa shape index (κ1) is 10.3. The van der Waals surface area contributed by atoms with Crippen LogP contribution in [0.25, 0.3) is 5.69 Å². The van der Waals surface area contributed by atoms with Crippen LogP contribution in [0.1, 0.15) is 16.4 Å². The smallest absolute Gasteiger partial charge is 0.402 e. The molecule has 0 radical (unpaired) electrons. The number of aryl methyl sites for hydroxylation is 1. The molecule has 1 aromatic heterocycles. The summed E-state index contributed by atoms with van der Waals surface area (Å²) in [5.41, 5.74) is 0.624. The van der Waals surface area contributed by atoms with Crippen molar-refractivity contribution in [2.24, 2.45) is 0 Å². The van der Waals surface area contributed by atoms with Gasteiger partial charge in [-0.3, -0.25) is 0 Å². The third-order valence-electron chi connectivity index (χ3n) is 2.10. The number of hydrogen-bond donors (Lipinski definition) is 2. The van der Waals surface area contributed by atoms with Crippen LogP contribution < -0.4 is 4.68 Å². The lowest BCUT2D eigenvalue weighted by Gasteiger charge is -1.94. The summed E-state index contributed by atoms with van der Waals surface area (Å²) in [6.45, 7) is 1.66. The minimum Gasteiger partial charge on any atom is -0.474 e. The van der Waals surface area contributed by atoms with Crippen molar-refractivity contribution in [1.82, 2.24) is 10.1 Å². The summed E-state index contributed by atoms with van der Waals surface area (Å²) in [6, 6.07) is 5.66. The van der Waals surface area contributed by atoms with E-state index >= 15 is 0 Å². The molecule has 0 atom stereocenters. The Labute approximate surface area is 90.2 Å². The summed E-state index contributed by atoms with van der Waals surface area (Å²) >= 11 is 0. The van der Waals surface area contributed by atoms with E-state index < -0.39 is 5.97 Å². The average molecular weight is 222 g/mol. The van der Waals surface area contributed by atoms with Gasteiger partial charge < -0.3 is 5.11 Å². The largest absolute Gasteiger partial charge is 0.474 e. The van der Waals surface area contributed by atoms with Crippen LogP contribution in [0.3, 0.4) is 0 Å². The van der Waals surface area contributed by atoms with Gasteiger partial charge in [0.15, 0.2) is 5.69 Å². The van der Waals surface area contributed by atoms with Crippen LogP contribution in [0.2, 0.25) is 0 Å². The molecular formula is C10H9FN3O2+. The van der Waals surface area contributed by atoms with Gasteiger partial charge in [-0.15, -0.1) is 4.68 Å². The van der Waals surface area contributed by atoms with Gasteiger partial charge in [0, 0.05) is 6.92 Å². The molecule has 0 aliphatic rings. The summed E-state index contributed by atoms with van der Waals surface area (Å²) in [5.74, 6) is -1.14. The summed E-state index contributed by atoms with van der Waals surface area (Å²) in [5, 5.41) is 11.3. The molecule has 16 heavy (non-hydrogen) atoms. The van der Waals surface area contributed by atoms with E-state index in [1.54, 1.807) is 6.92 Å². The lowest BCUT2D eigenvalue weighted by atomic mass is 10.3. The fourth-order valence-corrected chi connectivity index (χ4v) is 1.36. The number of benzene rings is 1. The Balaban J connectivity index is 2.47. The number of carbonyl (C=O) groups is 1. The van der Waals surface area contributed by atoms with Crippen LogP contribution in [0.15, 0.2) is 24.3 Å². The maximum Gasteiger partial charge on any atom is 0.402 e. The summed E-state index contributed by atoms with van der Waals surface area (Å²) in [6.07, 6.45) is 0. The zero-order valence-corrected chi connectivity index (χ0v) is 8.44. The zero-order chi connectivity index (χ0) is 11.7. The molecule has 6 heteroatoms. The lowest BCUT2D eigenvalue weighted by Crippen LogP contribution is -2.35. The molecule has 0 spiro atoms. The molecule has 82 valence electrons. The number of aromatic nitrogens is 3. The number of nitrogens with zero attached hydrogens (tertiary/aromatic N) is 2. The van der Waals surface area contributed by atoms with E-state index in [9.17, 15) is 9.18 Å². The first-order valence-electron chi connectivity index (χ1n) is 4.56. The number of halogens is 1. The van der Waals surface area contributed by atoms with Gasteiger partial charge in [0.25, 0.3) is 0 Å². The molecule has 5 nitrogen and oxygen atoms in total. The van der Waals surface area contributed by atoms with Gasteiger partial charge in [0.2, 0.25) is 0 Å². The number of aromatic carboxylic acids is 1. The van der Waals surface area contributed by atoms with Gasteiger partial charge in [0.05, 0.1) is 0 Å². The highest BCUT2D eigenvalue weighted by molar-refractivity contribution is 5.82. The molecule has 2 aromatic rings. The van der Waals surface area contributed by atoms with E-state index in [4.69, 9.17) is 5.11 Å². The predicted octanol–water partition coefficient (Wildman–Crippen LogP) is 0.832. The first-order chi connectivity index (χ1) is 7.58. The van der Waals surface area contributed by atoms with Crippen LogP contribution in [0, 0.1) is 12.7 Å². The molecule has 1 heterocycles. The number of hydrogen-bond acceptors (Lipinski definition) is 2. The van der Waals surface area contributed by atoms with E-state index in [-0.39, 0.29) is 11.6 Å². The molecule has 0 saturated carbocycles. The van der Waals surface area contributed by atoms with Gasteiger partial charge in [0.1, 0.15) is 5.82 Å². The van der Waals surface area contributed by atoms with E-state index in [1.807, 2.05) is 0 Å². The topological polar surface area (TPSA) is 69.9 Å².